The van der Waals surface area contributed by atoms with Gasteiger partial charge in [0.1, 0.15) is 0 Å². The lowest BCUT2D eigenvalue weighted by atomic mass is 9.95. The number of pyridine rings is 1. The van der Waals surface area contributed by atoms with Crippen LogP contribution in [-0.4, -0.2) is 4.40 Å². The second-order valence-electron chi connectivity index (χ2n) is 10.1. The van der Waals surface area contributed by atoms with E-state index in [4.69, 9.17) is 0 Å². The lowest BCUT2D eigenvalue weighted by molar-refractivity contribution is 1.24. The number of aromatic nitrogens is 1. The van der Waals surface area contributed by atoms with E-state index in [-0.39, 0.29) is 0 Å². The molecule has 0 atom stereocenters. The normalized spacial score (nSPS) is 13.5. The van der Waals surface area contributed by atoms with Crippen molar-refractivity contribution in [3.63, 3.8) is 0 Å². The molecule has 2 heterocycles. The minimum Gasteiger partial charge on any atom is -0.309 e. The quantitative estimate of drug-likeness (QED) is 0.207. The molecular weight excluding hydrogens is 422 g/mol. The van der Waals surface area contributed by atoms with Crippen LogP contribution in [0.5, 0.6) is 0 Å². The fourth-order valence-electron chi connectivity index (χ4n) is 7.01. The molecule has 1 heteroatoms. The molecule has 7 aromatic rings. The molecule has 0 saturated heterocycles. The van der Waals surface area contributed by atoms with Crippen molar-refractivity contribution in [2.75, 3.05) is 0 Å². The van der Waals surface area contributed by atoms with Crippen LogP contribution in [0.15, 0.2) is 103 Å². The summed E-state index contributed by atoms with van der Waals surface area (Å²) in [4.78, 5) is 0. The zero-order valence-electron chi connectivity index (χ0n) is 19.2. The van der Waals surface area contributed by atoms with E-state index < -0.39 is 0 Å². The summed E-state index contributed by atoms with van der Waals surface area (Å²) in [5, 5.41) is 5.41. The molecule has 9 rings (SSSR count). The summed E-state index contributed by atoms with van der Waals surface area (Å²) in [6.45, 7) is 0. The van der Waals surface area contributed by atoms with E-state index in [0.717, 1.165) is 12.8 Å². The van der Waals surface area contributed by atoms with Crippen LogP contribution in [0.25, 0.3) is 60.3 Å². The van der Waals surface area contributed by atoms with E-state index in [0.29, 0.717) is 0 Å². The summed E-state index contributed by atoms with van der Waals surface area (Å²) in [6, 6.07) is 38.5. The van der Waals surface area contributed by atoms with Gasteiger partial charge >= 0.3 is 0 Å². The predicted octanol–water partition coefficient (Wildman–Crippen LogP) is 8.54. The van der Waals surface area contributed by atoms with Gasteiger partial charge in [-0.15, -0.1) is 0 Å². The summed E-state index contributed by atoms with van der Waals surface area (Å²) in [5.41, 5.74) is 15.5. The Morgan fingerprint density at radius 2 is 1.23 bits per heavy atom. The third kappa shape index (κ3) is 2.15. The Bertz CT molecular complexity index is 2050. The van der Waals surface area contributed by atoms with Crippen molar-refractivity contribution in [3.8, 4) is 22.3 Å². The van der Waals surface area contributed by atoms with Gasteiger partial charge in [0.15, 0.2) is 0 Å². The molecule has 0 unspecified atom stereocenters. The Kier molecular flexibility index (Phi) is 3.19. The first-order chi connectivity index (χ1) is 17.4. The van der Waals surface area contributed by atoms with Gasteiger partial charge in [0.25, 0.3) is 0 Å². The summed E-state index contributed by atoms with van der Waals surface area (Å²) >= 11 is 0. The number of para-hydroxylation sites is 2. The number of hydrogen-bond acceptors (Lipinski definition) is 0. The molecule has 5 aromatic carbocycles. The number of fused-ring (bicyclic) bond motifs is 16. The first-order valence-electron chi connectivity index (χ1n) is 12.5. The maximum Gasteiger partial charge on any atom is 0.0547 e. The average molecular weight is 444 g/mol. The summed E-state index contributed by atoms with van der Waals surface area (Å²) in [7, 11) is 0. The van der Waals surface area contributed by atoms with Gasteiger partial charge < -0.3 is 4.40 Å². The molecule has 2 aliphatic rings. The molecule has 1 nitrogen and oxygen atoms in total. The fourth-order valence-corrected chi connectivity index (χ4v) is 7.01. The number of nitrogens with zero attached hydrogens (tertiary/aromatic N) is 1. The van der Waals surface area contributed by atoms with Crippen LogP contribution >= 0.6 is 0 Å². The lowest BCUT2D eigenvalue weighted by Crippen LogP contribution is -1.94. The topological polar surface area (TPSA) is 4.41 Å². The SMILES string of the molecule is c1ccc2c(c1)Cc1ccc3c(c1-2)Cc1c-3ccc2c1c1ccccc1n1c3ccccc3cc21. The predicted molar refractivity (Wildman–Crippen MR) is 146 cm³/mol. The molecular formula is C34H21N. The largest absolute Gasteiger partial charge is 0.309 e. The maximum atomic E-state index is 2.45. The Labute approximate surface area is 202 Å². The second kappa shape index (κ2) is 6.20. The van der Waals surface area contributed by atoms with Crippen molar-refractivity contribution in [2.45, 2.75) is 12.8 Å². The number of rotatable bonds is 0. The lowest BCUT2D eigenvalue weighted by Gasteiger charge is -2.13. The van der Waals surface area contributed by atoms with Crippen LogP contribution < -0.4 is 0 Å². The van der Waals surface area contributed by atoms with Gasteiger partial charge in [-0.25, -0.2) is 0 Å². The molecule has 0 N–H and O–H groups in total. The molecule has 0 saturated carbocycles. The minimum atomic E-state index is 1.000. The molecule has 0 spiro atoms. The van der Waals surface area contributed by atoms with Gasteiger partial charge in [-0.2, -0.15) is 0 Å². The highest BCUT2D eigenvalue weighted by molar-refractivity contribution is 6.19. The average Bonchev–Trinajstić information content (AvgIpc) is 3.59. The molecule has 35 heavy (non-hydrogen) atoms. The van der Waals surface area contributed by atoms with Crippen LogP contribution in [0, 0.1) is 0 Å². The maximum absolute atomic E-state index is 2.45. The van der Waals surface area contributed by atoms with Gasteiger partial charge in [-0.05, 0) is 80.9 Å². The van der Waals surface area contributed by atoms with Gasteiger partial charge in [0, 0.05) is 16.2 Å². The smallest absolute Gasteiger partial charge is 0.0547 e. The Morgan fingerprint density at radius 1 is 0.486 bits per heavy atom. The van der Waals surface area contributed by atoms with Crippen molar-refractivity contribution >= 4 is 38.1 Å². The van der Waals surface area contributed by atoms with Gasteiger partial charge in [-0.3, -0.25) is 0 Å². The van der Waals surface area contributed by atoms with Crippen LogP contribution in [0.2, 0.25) is 0 Å². The van der Waals surface area contributed by atoms with E-state index in [1.165, 1.54) is 82.6 Å². The third-order valence-corrected chi connectivity index (χ3v) is 8.42. The van der Waals surface area contributed by atoms with Gasteiger partial charge in [0.05, 0.1) is 16.6 Å². The van der Waals surface area contributed by atoms with Crippen molar-refractivity contribution in [1.82, 2.24) is 4.40 Å². The van der Waals surface area contributed by atoms with Crippen molar-refractivity contribution < 1.29 is 0 Å². The Hall–Kier alpha value is -4.36. The van der Waals surface area contributed by atoms with Gasteiger partial charge in [-0.1, -0.05) is 84.9 Å². The van der Waals surface area contributed by atoms with E-state index in [1.54, 1.807) is 0 Å². The Morgan fingerprint density at radius 3 is 2.20 bits per heavy atom. The summed E-state index contributed by atoms with van der Waals surface area (Å²) in [5.74, 6) is 0. The van der Waals surface area contributed by atoms with Crippen LogP contribution in [-0.2, 0) is 12.8 Å². The Balaban J connectivity index is 1.42. The van der Waals surface area contributed by atoms with Crippen molar-refractivity contribution in [1.29, 1.82) is 0 Å². The van der Waals surface area contributed by atoms with E-state index in [2.05, 4.69) is 108 Å². The van der Waals surface area contributed by atoms with Crippen LogP contribution in [0.4, 0.5) is 0 Å². The second-order valence-corrected chi connectivity index (χ2v) is 10.1. The molecule has 0 radical (unpaired) electrons. The van der Waals surface area contributed by atoms with E-state index in [9.17, 15) is 0 Å². The monoisotopic (exact) mass is 443 g/mol. The highest BCUT2D eigenvalue weighted by Gasteiger charge is 2.30. The molecule has 2 aromatic heterocycles. The third-order valence-electron chi connectivity index (χ3n) is 8.42. The first kappa shape index (κ1) is 18.0. The zero-order chi connectivity index (χ0) is 22.7. The number of benzene rings is 5. The molecule has 2 aliphatic carbocycles. The molecule has 162 valence electrons. The van der Waals surface area contributed by atoms with Gasteiger partial charge in [0.2, 0.25) is 0 Å². The summed E-state index contributed by atoms with van der Waals surface area (Å²) < 4.78 is 2.45. The molecule has 0 fully saturated rings. The highest BCUT2D eigenvalue weighted by atomic mass is 14.9. The highest BCUT2D eigenvalue weighted by Crippen LogP contribution is 2.50. The molecule has 0 amide bonds. The van der Waals surface area contributed by atoms with Crippen LogP contribution in [0.3, 0.4) is 0 Å². The molecule has 0 aliphatic heterocycles. The van der Waals surface area contributed by atoms with Crippen molar-refractivity contribution in [3.05, 3.63) is 125 Å². The fraction of sp³-hybridized carbons (Fsp3) is 0.0588. The standard InChI is InChI=1S/C34H21N/c1-3-9-23-20(7-1)17-22-13-14-24-25-15-16-27-32-18-21-8-2-5-11-30(21)35(32)31-12-6-4-10-26(31)34(27)29(25)19-28(24)33(22)23/h1-16,18H,17,19H2. The number of hydrogen-bond donors (Lipinski definition) is 0. The zero-order valence-corrected chi connectivity index (χ0v) is 19.2. The van der Waals surface area contributed by atoms with E-state index >= 15 is 0 Å². The molecule has 0 bridgehead atoms. The van der Waals surface area contributed by atoms with E-state index in [1.807, 2.05) is 0 Å². The van der Waals surface area contributed by atoms with Crippen molar-refractivity contribution in [2.24, 2.45) is 0 Å². The summed E-state index contributed by atoms with van der Waals surface area (Å²) in [6.07, 6.45) is 2.05. The van der Waals surface area contributed by atoms with Crippen LogP contribution in [0.1, 0.15) is 22.3 Å². The first-order valence-corrected chi connectivity index (χ1v) is 12.5. The minimum absolute atomic E-state index is 1.000.